The Morgan fingerprint density at radius 1 is 0.755 bits per heavy atom. The predicted molar refractivity (Wildman–Crippen MR) is 186 cm³/mol. The first-order valence-electron chi connectivity index (χ1n) is 15.1. The number of rotatable bonds is 7. The number of nitrogens with one attached hydrogen (secondary N) is 2. The first-order chi connectivity index (χ1) is 23.5. The molecule has 1 aliphatic rings. The quantitative estimate of drug-likeness (QED) is 0.179. The Bertz CT molecular complexity index is 2150. The Labute approximate surface area is 284 Å². The smallest absolute Gasteiger partial charge is 0.277 e. The van der Waals surface area contributed by atoms with E-state index in [-0.39, 0.29) is 33.7 Å². The van der Waals surface area contributed by atoms with Crippen molar-refractivity contribution in [2.24, 2.45) is 0 Å². The summed E-state index contributed by atoms with van der Waals surface area (Å²) in [5, 5.41) is 15.7. The fraction of sp³-hybridized carbons (Fsp3) is 0.108. The highest BCUT2D eigenvalue weighted by Crippen LogP contribution is 2.34. The minimum absolute atomic E-state index is 0.0469. The van der Waals surface area contributed by atoms with Gasteiger partial charge in [-0.15, -0.1) is 0 Å². The molecular weight excluding hydrogens is 643 g/mol. The molecule has 1 unspecified atom stereocenters. The van der Waals surface area contributed by atoms with Crippen LogP contribution in [0.5, 0.6) is 0 Å². The van der Waals surface area contributed by atoms with Crippen molar-refractivity contribution < 1.29 is 27.9 Å². The third-order valence-electron chi connectivity index (χ3n) is 7.69. The molecule has 1 atom stereocenters. The van der Waals surface area contributed by atoms with Gasteiger partial charge in [-0.2, -0.15) is 0 Å². The van der Waals surface area contributed by atoms with Crippen LogP contribution in [0.25, 0.3) is 5.76 Å². The number of aryl methyl sites for hydroxylation is 1. The van der Waals surface area contributed by atoms with Crippen LogP contribution in [0.1, 0.15) is 45.5 Å². The van der Waals surface area contributed by atoms with E-state index in [1.807, 2.05) is 50.2 Å². The average molecular weight is 676 g/mol. The molecule has 248 valence electrons. The number of carbonyl (C=O) groups excluding carboxylic acids is 3. The van der Waals surface area contributed by atoms with Gasteiger partial charge in [0, 0.05) is 36.1 Å². The van der Waals surface area contributed by atoms with Crippen LogP contribution < -0.4 is 10.6 Å². The van der Waals surface area contributed by atoms with E-state index < -0.39 is 27.6 Å². The van der Waals surface area contributed by atoms with Crippen molar-refractivity contribution in [1.82, 2.24) is 14.3 Å². The van der Waals surface area contributed by atoms with Gasteiger partial charge in [-0.1, -0.05) is 66.7 Å². The van der Waals surface area contributed by atoms with E-state index in [4.69, 9.17) is 0 Å². The molecule has 0 spiro atoms. The van der Waals surface area contributed by atoms with E-state index in [0.29, 0.717) is 16.9 Å². The number of aliphatic hydroxyl groups is 1. The Morgan fingerprint density at radius 2 is 1.43 bits per heavy atom. The topological polar surface area (TPSA) is 159 Å². The zero-order valence-electron chi connectivity index (χ0n) is 26.9. The van der Waals surface area contributed by atoms with E-state index in [1.54, 1.807) is 66.9 Å². The fourth-order valence-corrected chi connectivity index (χ4v) is 6.39. The number of pyridine rings is 2. The molecule has 0 aliphatic carbocycles. The summed E-state index contributed by atoms with van der Waals surface area (Å²) in [6, 6.07) is 30.9. The normalized spacial score (nSPS) is 13.7. The highest BCUT2D eigenvalue weighted by atomic mass is 32.2. The van der Waals surface area contributed by atoms with Gasteiger partial charge < -0.3 is 15.7 Å². The standard InChI is InChI=1S/C22H20N2O2.C15H13N3O4S/c1-15-11-12-23-20(13-15)24-22(26)16(2)18-9-6-10-19(14-18)21(25)17-7-4-3-5-8-17;1-18-13(15(20)17-12-8-4-5-9-16-12)14(19)10-6-2-3-7-11(10)23(18,21)22/h3-14,16H,1-2H3,(H,23,24,26);2-9,19H,1H3,(H,16,17,20). The molecule has 3 aromatic carbocycles. The molecule has 0 saturated carbocycles. The van der Waals surface area contributed by atoms with Crippen molar-refractivity contribution in [3.05, 3.63) is 155 Å². The maximum atomic E-state index is 12.6. The molecule has 3 N–H and O–H groups in total. The number of amides is 2. The number of sulfonamides is 1. The fourth-order valence-electron chi connectivity index (χ4n) is 4.99. The average Bonchev–Trinajstić information content (AvgIpc) is 3.11. The van der Waals surface area contributed by atoms with Crippen molar-refractivity contribution in [1.29, 1.82) is 0 Å². The SMILES string of the molecule is CN1C(C(=O)Nc2ccccn2)=C(O)c2ccccc2S1(=O)=O.Cc1ccnc(NC(=O)C(C)c2cccc(C(=O)c3ccccc3)c2)c1. The minimum atomic E-state index is -3.91. The third-order valence-corrected chi connectivity index (χ3v) is 9.50. The number of fused-ring (bicyclic) bond motifs is 1. The van der Waals surface area contributed by atoms with E-state index in [1.165, 1.54) is 25.4 Å². The van der Waals surface area contributed by atoms with E-state index in [0.717, 1.165) is 15.4 Å². The van der Waals surface area contributed by atoms with Gasteiger partial charge >= 0.3 is 0 Å². The van der Waals surface area contributed by atoms with Crippen molar-refractivity contribution in [3.8, 4) is 0 Å². The number of carbonyl (C=O) groups is 3. The minimum Gasteiger partial charge on any atom is -0.505 e. The Balaban J connectivity index is 0.000000192. The lowest BCUT2D eigenvalue weighted by atomic mass is 9.95. The zero-order chi connectivity index (χ0) is 35.1. The number of ketones is 1. The highest BCUT2D eigenvalue weighted by molar-refractivity contribution is 7.89. The number of aromatic nitrogens is 2. The molecule has 2 amide bonds. The van der Waals surface area contributed by atoms with Crippen LogP contribution in [0, 0.1) is 6.92 Å². The molecule has 1 aliphatic heterocycles. The summed E-state index contributed by atoms with van der Waals surface area (Å²) in [7, 11) is -2.69. The molecule has 49 heavy (non-hydrogen) atoms. The first kappa shape index (κ1) is 34.2. The lowest BCUT2D eigenvalue weighted by Gasteiger charge is -2.28. The number of nitrogens with zero attached hydrogens (tertiary/aromatic N) is 3. The van der Waals surface area contributed by atoms with Crippen molar-refractivity contribution in [3.63, 3.8) is 0 Å². The van der Waals surface area contributed by atoms with E-state index in [2.05, 4.69) is 20.6 Å². The van der Waals surface area contributed by atoms with Crippen LogP contribution in [0.4, 0.5) is 11.6 Å². The molecule has 2 aromatic heterocycles. The molecular formula is C37H33N5O6S. The molecule has 0 radical (unpaired) electrons. The van der Waals surface area contributed by atoms with Crippen LogP contribution >= 0.6 is 0 Å². The van der Waals surface area contributed by atoms with Crippen LogP contribution in [0.2, 0.25) is 0 Å². The second-order valence-electron chi connectivity index (χ2n) is 11.1. The molecule has 3 heterocycles. The van der Waals surface area contributed by atoms with Gasteiger partial charge in [-0.25, -0.2) is 18.4 Å². The van der Waals surface area contributed by atoms with Crippen LogP contribution in [0.3, 0.4) is 0 Å². The summed E-state index contributed by atoms with van der Waals surface area (Å²) in [5.74, 6) is -0.998. The van der Waals surface area contributed by atoms with Crippen LogP contribution in [-0.2, 0) is 19.6 Å². The number of hydrogen-bond acceptors (Lipinski definition) is 8. The van der Waals surface area contributed by atoms with Crippen molar-refractivity contribution in [2.45, 2.75) is 24.7 Å². The number of aliphatic hydroxyl groups excluding tert-OH is 1. The van der Waals surface area contributed by atoms with E-state index in [9.17, 15) is 27.9 Å². The van der Waals surface area contributed by atoms with Crippen molar-refractivity contribution >= 4 is 45.0 Å². The van der Waals surface area contributed by atoms with Crippen molar-refractivity contribution in [2.75, 3.05) is 17.7 Å². The van der Waals surface area contributed by atoms with Gasteiger partial charge in [-0.3, -0.25) is 18.7 Å². The van der Waals surface area contributed by atoms with Crippen LogP contribution in [0.15, 0.2) is 132 Å². The highest BCUT2D eigenvalue weighted by Gasteiger charge is 2.37. The van der Waals surface area contributed by atoms with Gasteiger partial charge in [0.25, 0.3) is 15.9 Å². The van der Waals surface area contributed by atoms with E-state index >= 15 is 0 Å². The Morgan fingerprint density at radius 3 is 2.14 bits per heavy atom. The van der Waals surface area contributed by atoms with Gasteiger partial charge in [0.1, 0.15) is 11.6 Å². The number of hydrogen-bond donors (Lipinski definition) is 3. The number of anilines is 2. The summed E-state index contributed by atoms with van der Waals surface area (Å²) in [6.45, 7) is 3.76. The zero-order valence-corrected chi connectivity index (χ0v) is 27.7. The maximum absolute atomic E-state index is 12.6. The summed E-state index contributed by atoms with van der Waals surface area (Å²) in [6.07, 6.45) is 3.15. The number of likely N-dealkylation sites (N-methyl/N-ethyl adjacent to an activating group) is 1. The predicted octanol–water partition coefficient (Wildman–Crippen LogP) is 5.94. The number of benzene rings is 3. The van der Waals surface area contributed by atoms with Gasteiger partial charge in [-0.05, 0) is 67.4 Å². The second-order valence-corrected chi connectivity index (χ2v) is 13.0. The summed E-state index contributed by atoms with van der Waals surface area (Å²) < 4.78 is 25.8. The van der Waals surface area contributed by atoms with Crippen LogP contribution in [-0.4, -0.2) is 52.4 Å². The second kappa shape index (κ2) is 14.7. The first-order valence-corrected chi connectivity index (χ1v) is 16.6. The summed E-state index contributed by atoms with van der Waals surface area (Å²) in [5.41, 5.74) is 2.76. The molecule has 11 nitrogen and oxygen atoms in total. The molecule has 6 rings (SSSR count). The third kappa shape index (κ3) is 7.71. The largest absolute Gasteiger partial charge is 0.505 e. The van der Waals surface area contributed by atoms with Gasteiger partial charge in [0.05, 0.1) is 10.8 Å². The van der Waals surface area contributed by atoms with Gasteiger partial charge in [0.2, 0.25) is 5.91 Å². The van der Waals surface area contributed by atoms with Gasteiger partial charge in [0.15, 0.2) is 17.2 Å². The lowest BCUT2D eigenvalue weighted by Crippen LogP contribution is -2.37. The monoisotopic (exact) mass is 675 g/mol. The molecule has 12 heteroatoms. The summed E-state index contributed by atoms with van der Waals surface area (Å²) >= 11 is 0. The molecule has 0 saturated heterocycles. The summed E-state index contributed by atoms with van der Waals surface area (Å²) in [4.78, 5) is 45.6. The Hall–Kier alpha value is -6.14. The lowest BCUT2D eigenvalue weighted by molar-refractivity contribution is -0.117. The molecule has 0 bridgehead atoms. The molecule has 5 aromatic rings. The molecule has 0 fully saturated rings. The maximum Gasteiger partial charge on any atom is 0.277 e. The Kier molecular flexibility index (Phi) is 10.3.